The minimum Gasteiger partial charge on any atom is -0.464 e. The molecule has 1 amide bonds. The molecule has 1 aliphatic heterocycles. The van der Waals surface area contributed by atoms with Crippen molar-refractivity contribution < 1.29 is 24.2 Å². The Morgan fingerprint density at radius 3 is 2.44 bits per heavy atom. The van der Waals surface area contributed by atoms with E-state index in [9.17, 15) is 14.7 Å². The first-order valence-corrected chi connectivity index (χ1v) is 7.99. The van der Waals surface area contributed by atoms with Crippen molar-refractivity contribution in [3.63, 3.8) is 0 Å². The lowest BCUT2D eigenvalue weighted by Crippen LogP contribution is -2.50. The van der Waals surface area contributed by atoms with Crippen LogP contribution in [0.3, 0.4) is 0 Å². The van der Waals surface area contributed by atoms with Gasteiger partial charge in [0.25, 0.3) is 0 Å². The Bertz CT molecular complexity index is 651. The molecule has 0 aliphatic carbocycles. The molecule has 7 heteroatoms. The number of methoxy groups -OCH3 is 1. The van der Waals surface area contributed by atoms with Crippen LogP contribution in [0.1, 0.15) is 26.3 Å². The molecule has 25 heavy (non-hydrogen) atoms. The quantitative estimate of drug-likeness (QED) is 0.843. The predicted octanol–water partition coefficient (Wildman–Crippen LogP) is 2.07. The lowest BCUT2D eigenvalue weighted by atomic mass is 10.2. The minimum absolute atomic E-state index is 0.0259. The number of hydrogen-bond donors (Lipinski definition) is 1. The summed E-state index contributed by atoms with van der Waals surface area (Å²) in [5, 5.41) is 10.4. The van der Waals surface area contributed by atoms with E-state index in [-0.39, 0.29) is 12.2 Å². The first-order valence-electron chi connectivity index (χ1n) is 7.99. The van der Waals surface area contributed by atoms with Crippen LogP contribution >= 0.6 is 0 Å². The zero-order chi connectivity index (χ0) is 18.6. The highest BCUT2D eigenvalue weighted by Crippen LogP contribution is 2.22. The molecule has 1 aliphatic rings. The Morgan fingerprint density at radius 1 is 1.24 bits per heavy atom. The van der Waals surface area contributed by atoms with E-state index in [2.05, 4.69) is 0 Å². The monoisotopic (exact) mass is 348 g/mol. The van der Waals surface area contributed by atoms with Gasteiger partial charge < -0.3 is 19.5 Å². The van der Waals surface area contributed by atoms with Crippen LogP contribution in [0.4, 0.5) is 4.79 Å². The molecular weight excluding hydrogens is 324 g/mol. The summed E-state index contributed by atoms with van der Waals surface area (Å²) in [6.45, 7) is 5.49. The summed E-state index contributed by atoms with van der Waals surface area (Å²) in [5.74, 6) is -0.671. The number of aliphatic hydroxyl groups is 1. The Balaban J connectivity index is 2.27. The van der Waals surface area contributed by atoms with Gasteiger partial charge in [0.15, 0.2) is 0 Å². The number of aliphatic hydroxyl groups excluding tert-OH is 1. The van der Waals surface area contributed by atoms with Gasteiger partial charge in [-0.2, -0.15) is 0 Å². The Morgan fingerprint density at radius 2 is 1.88 bits per heavy atom. The first kappa shape index (κ1) is 18.8. The molecule has 0 unspecified atom stereocenters. The third-order valence-electron chi connectivity index (χ3n) is 3.52. The smallest absolute Gasteiger partial charge is 0.415 e. The largest absolute Gasteiger partial charge is 0.464 e. The van der Waals surface area contributed by atoms with Crippen LogP contribution in [-0.2, 0) is 20.8 Å². The molecule has 0 aromatic heterocycles. The Hall–Kier alpha value is -2.54. The van der Waals surface area contributed by atoms with Crippen LogP contribution in [0.5, 0.6) is 0 Å². The summed E-state index contributed by atoms with van der Waals surface area (Å²) in [6, 6.07) is 9.51. The summed E-state index contributed by atoms with van der Waals surface area (Å²) in [6.07, 6.45) is -0.250. The van der Waals surface area contributed by atoms with Gasteiger partial charge in [0.05, 0.1) is 13.7 Å². The van der Waals surface area contributed by atoms with Gasteiger partial charge in [-0.1, -0.05) is 30.3 Å². The fraction of sp³-hybridized carbons (Fsp3) is 0.444. The van der Waals surface area contributed by atoms with Crippen molar-refractivity contribution in [2.75, 3.05) is 13.7 Å². The van der Waals surface area contributed by atoms with E-state index in [0.29, 0.717) is 6.54 Å². The lowest BCUT2D eigenvalue weighted by molar-refractivity contribution is -0.139. The van der Waals surface area contributed by atoms with Crippen LogP contribution in [-0.4, -0.2) is 52.5 Å². The predicted molar refractivity (Wildman–Crippen MR) is 91.0 cm³/mol. The number of amides is 1. The maximum Gasteiger partial charge on any atom is 0.415 e. The second-order valence-electron chi connectivity index (χ2n) is 6.74. The maximum absolute atomic E-state index is 12.4. The van der Waals surface area contributed by atoms with Gasteiger partial charge in [0, 0.05) is 12.7 Å². The second kappa shape index (κ2) is 7.57. The van der Waals surface area contributed by atoms with Crippen LogP contribution < -0.4 is 0 Å². The van der Waals surface area contributed by atoms with E-state index in [0.717, 1.165) is 10.5 Å². The number of nitrogens with zero attached hydrogens (tertiary/aromatic N) is 2. The molecule has 7 nitrogen and oxygen atoms in total. The van der Waals surface area contributed by atoms with Crippen molar-refractivity contribution in [1.82, 2.24) is 9.80 Å². The number of esters is 1. The van der Waals surface area contributed by atoms with Gasteiger partial charge in [-0.25, -0.2) is 9.59 Å². The number of rotatable bonds is 3. The highest BCUT2D eigenvalue weighted by Gasteiger charge is 2.35. The molecule has 0 fully saturated rings. The highest BCUT2D eigenvalue weighted by molar-refractivity contribution is 5.92. The van der Waals surface area contributed by atoms with Gasteiger partial charge in [-0.05, 0) is 26.3 Å². The van der Waals surface area contributed by atoms with Gasteiger partial charge in [0.2, 0.25) is 0 Å². The van der Waals surface area contributed by atoms with Gasteiger partial charge in [0.1, 0.15) is 17.5 Å². The van der Waals surface area contributed by atoms with Crippen molar-refractivity contribution >= 4 is 12.1 Å². The molecule has 0 radical (unpaired) electrons. The molecule has 1 atom stereocenters. The Labute approximate surface area is 147 Å². The zero-order valence-electron chi connectivity index (χ0n) is 14.9. The molecule has 1 N–H and O–H groups in total. The van der Waals surface area contributed by atoms with E-state index >= 15 is 0 Å². The van der Waals surface area contributed by atoms with E-state index < -0.39 is 23.9 Å². The summed E-state index contributed by atoms with van der Waals surface area (Å²) in [7, 11) is 1.24. The van der Waals surface area contributed by atoms with Crippen molar-refractivity contribution in [2.24, 2.45) is 0 Å². The number of carbonyl (C=O) groups excluding carboxylic acids is 2. The van der Waals surface area contributed by atoms with E-state index in [1.165, 1.54) is 13.3 Å². The number of benzene rings is 1. The fourth-order valence-corrected chi connectivity index (χ4v) is 2.38. The molecule has 2 rings (SSSR count). The molecule has 0 saturated carbocycles. The highest BCUT2D eigenvalue weighted by atomic mass is 16.6. The van der Waals surface area contributed by atoms with Crippen molar-refractivity contribution in [2.45, 2.75) is 39.1 Å². The van der Waals surface area contributed by atoms with Crippen molar-refractivity contribution in [3.05, 3.63) is 47.8 Å². The van der Waals surface area contributed by atoms with E-state index in [1.54, 1.807) is 25.7 Å². The van der Waals surface area contributed by atoms with E-state index in [4.69, 9.17) is 9.47 Å². The van der Waals surface area contributed by atoms with Crippen LogP contribution in [0.15, 0.2) is 42.2 Å². The number of hydrogen-bond acceptors (Lipinski definition) is 6. The number of carbonyl (C=O) groups is 2. The van der Waals surface area contributed by atoms with Gasteiger partial charge in [-0.3, -0.25) is 4.90 Å². The standard InChI is InChI=1S/C18H24N2O5/c1-18(2,3)25-17(23)20-12-15(21)19(11-14(20)16(22)24-4)10-13-8-6-5-7-9-13/h5-9,11,15,21H,10,12H2,1-4H3/t15-/m1/s1. The summed E-state index contributed by atoms with van der Waals surface area (Å²) < 4.78 is 10.1. The van der Waals surface area contributed by atoms with Crippen LogP contribution in [0.25, 0.3) is 0 Å². The topological polar surface area (TPSA) is 79.3 Å². The number of β-amino-alcohol motifs (C(OH)–C–C–N with tert-alkyl or cyclic N) is 1. The van der Waals surface area contributed by atoms with Gasteiger partial charge >= 0.3 is 12.1 Å². The summed E-state index contributed by atoms with van der Waals surface area (Å²) in [4.78, 5) is 27.2. The van der Waals surface area contributed by atoms with Crippen LogP contribution in [0, 0.1) is 0 Å². The normalized spacial score (nSPS) is 17.8. The van der Waals surface area contributed by atoms with E-state index in [1.807, 2.05) is 30.3 Å². The SMILES string of the molecule is COC(=O)C1=CN(Cc2ccccc2)[C@H](O)CN1C(=O)OC(C)(C)C. The second-order valence-corrected chi connectivity index (χ2v) is 6.74. The molecule has 136 valence electrons. The van der Waals surface area contributed by atoms with Crippen LogP contribution in [0.2, 0.25) is 0 Å². The third kappa shape index (κ3) is 4.96. The fourth-order valence-electron chi connectivity index (χ4n) is 2.38. The Kier molecular flexibility index (Phi) is 5.69. The molecular formula is C18H24N2O5. The molecule has 0 bridgehead atoms. The molecule has 1 aromatic rings. The molecule has 1 aromatic carbocycles. The summed E-state index contributed by atoms with van der Waals surface area (Å²) >= 11 is 0. The first-order chi connectivity index (χ1) is 11.7. The molecule has 0 saturated heterocycles. The maximum atomic E-state index is 12.4. The van der Waals surface area contributed by atoms with Gasteiger partial charge in [-0.15, -0.1) is 0 Å². The minimum atomic E-state index is -0.971. The average Bonchev–Trinajstić information content (AvgIpc) is 2.55. The van der Waals surface area contributed by atoms with Crippen molar-refractivity contribution in [3.8, 4) is 0 Å². The average molecular weight is 348 g/mol. The zero-order valence-corrected chi connectivity index (χ0v) is 14.9. The third-order valence-corrected chi connectivity index (χ3v) is 3.52. The lowest BCUT2D eigenvalue weighted by Gasteiger charge is -2.38. The number of ether oxygens (including phenoxy) is 2. The van der Waals surface area contributed by atoms with Crippen molar-refractivity contribution in [1.29, 1.82) is 0 Å². The summed E-state index contributed by atoms with van der Waals surface area (Å²) in [5.41, 5.74) is 0.274. The molecule has 0 spiro atoms. The molecule has 1 heterocycles.